The molecule has 0 heterocycles. The molecule has 0 radical (unpaired) electrons. The summed E-state index contributed by atoms with van der Waals surface area (Å²) in [5.74, 6) is 1.91. The highest BCUT2D eigenvalue weighted by Crippen LogP contribution is 2.23. The zero-order chi connectivity index (χ0) is 11.1. The van der Waals surface area contributed by atoms with E-state index in [1.54, 1.807) is 0 Å². The first-order valence-electron chi connectivity index (χ1n) is 6.19. The van der Waals surface area contributed by atoms with E-state index in [-0.39, 0.29) is 6.10 Å². The van der Waals surface area contributed by atoms with Gasteiger partial charge in [0.2, 0.25) is 0 Å². The first-order chi connectivity index (χ1) is 6.51. The first kappa shape index (κ1) is 14.0. The molecule has 0 aromatic carbocycles. The predicted molar refractivity (Wildman–Crippen MR) is 63.3 cm³/mol. The van der Waals surface area contributed by atoms with Gasteiger partial charge in [-0.1, -0.05) is 47.5 Å². The second-order valence-electron chi connectivity index (χ2n) is 5.11. The van der Waals surface area contributed by atoms with E-state index in [1.165, 1.54) is 6.42 Å². The molecule has 0 rings (SSSR count). The van der Waals surface area contributed by atoms with E-state index in [1.807, 2.05) is 0 Å². The van der Waals surface area contributed by atoms with Crippen LogP contribution in [-0.4, -0.2) is 11.2 Å². The Labute approximate surface area is 89.9 Å². The molecule has 0 saturated heterocycles. The maximum absolute atomic E-state index is 9.99. The Bertz CT molecular complexity index is 127. The minimum atomic E-state index is -0.0845. The summed E-state index contributed by atoms with van der Waals surface area (Å²) in [6.45, 7) is 11.1. The lowest BCUT2D eigenvalue weighted by atomic mass is 9.87. The zero-order valence-corrected chi connectivity index (χ0v) is 10.6. The first-order valence-corrected chi connectivity index (χ1v) is 6.19. The van der Waals surface area contributed by atoms with Gasteiger partial charge in [0.25, 0.3) is 0 Å². The third kappa shape index (κ3) is 5.64. The van der Waals surface area contributed by atoms with Crippen molar-refractivity contribution in [2.75, 3.05) is 0 Å². The van der Waals surface area contributed by atoms with E-state index in [0.717, 1.165) is 25.2 Å². The van der Waals surface area contributed by atoms with Crippen LogP contribution >= 0.6 is 0 Å². The second kappa shape index (κ2) is 7.28. The summed E-state index contributed by atoms with van der Waals surface area (Å²) in [4.78, 5) is 0. The Hall–Kier alpha value is -0.0400. The van der Waals surface area contributed by atoms with Crippen molar-refractivity contribution in [2.24, 2.45) is 17.8 Å². The van der Waals surface area contributed by atoms with Crippen LogP contribution in [0.5, 0.6) is 0 Å². The van der Waals surface area contributed by atoms with Crippen LogP contribution in [0.2, 0.25) is 0 Å². The average molecular weight is 200 g/mol. The Balaban J connectivity index is 3.84. The number of aliphatic hydroxyl groups is 1. The van der Waals surface area contributed by atoms with E-state index in [9.17, 15) is 5.11 Å². The average Bonchev–Trinajstić information content (AvgIpc) is 2.04. The minimum Gasteiger partial charge on any atom is -0.393 e. The van der Waals surface area contributed by atoms with Gasteiger partial charge in [0.1, 0.15) is 0 Å². The minimum absolute atomic E-state index is 0.0845. The van der Waals surface area contributed by atoms with Crippen LogP contribution in [0, 0.1) is 17.8 Å². The van der Waals surface area contributed by atoms with Crippen molar-refractivity contribution in [1.82, 2.24) is 0 Å². The Kier molecular flexibility index (Phi) is 7.26. The van der Waals surface area contributed by atoms with E-state index >= 15 is 0 Å². The molecule has 2 unspecified atom stereocenters. The smallest absolute Gasteiger partial charge is 0.0570 e. The van der Waals surface area contributed by atoms with E-state index < -0.39 is 0 Å². The lowest BCUT2D eigenvalue weighted by Gasteiger charge is -2.24. The molecule has 14 heavy (non-hydrogen) atoms. The molecule has 0 aromatic heterocycles. The fourth-order valence-corrected chi connectivity index (χ4v) is 2.34. The SMILES string of the molecule is CCC(CC)C(O)CC(C)CC(C)C. The quantitative estimate of drug-likeness (QED) is 0.661. The van der Waals surface area contributed by atoms with Gasteiger partial charge in [0.05, 0.1) is 6.10 Å². The van der Waals surface area contributed by atoms with E-state index in [0.29, 0.717) is 11.8 Å². The van der Waals surface area contributed by atoms with Crippen molar-refractivity contribution in [3.05, 3.63) is 0 Å². The maximum atomic E-state index is 9.99. The van der Waals surface area contributed by atoms with Crippen LogP contribution in [0.1, 0.15) is 60.3 Å². The van der Waals surface area contributed by atoms with Crippen molar-refractivity contribution in [1.29, 1.82) is 0 Å². The molecular formula is C13H28O. The lowest BCUT2D eigenvalue weighted by molar-refractivity contribution is 0.0766. The van der Waals surface area contributed by atoms with Crippen molar-refractivity contribution < 1.29 is 5.11 Å². The molecule has 0 bridgehead atoms. The number of aliphatic hydroxyl groups excluding tert-OH is 1. The van der Waals surface area contributed by atoms with Crippen LogP contribution in [0.4, 0.5) is 0 Å². The molecule has 0 aromatic rings. The van der Waals surface area contributed by atoms with Crippen LogP contribution < -0.4 is 0 Å². The van der Waals surface area contributed by atoms with Crippen LogP contribution in [0.15, 0.2) is 0 Å². The topological polar surface area (TPSA) is 20.2 Å². The molecular weight excluding hydrogens is 172 g/mol. The van der Waals surface area contributed by atoms with E-state index in [4.69, 9.17) is 0 Å². The van der Waals surface area contributed by atoms with Crippen molar-refractivity contribution in [3.63, 3.8) is 0 Å². The molecule has 1 heteroatoms. The summed E-state index contributed by atoms with van der Waals surface area (Å²) in [6.07, 6.45) is 4.33. The Morgan fingerprint density at radius 2 is 1.43 bits per heavy atom. The third-order valence-electron chi connectivity index (χ3n) is 3.11. The highest BCUT2D eigenvalue weighted by molar-refractivity contribution is 4.69. The number of hydrogen-bond acceptors (Lipinski definition) is 1. The van der Waals surface area contributed by atoms with Gasteiger partial charge in [-0.05, 0) is 30.6 Å². The summed E-state index contributed by atoms with van der Waals surface area (Å²) in [5, 5.41) is 9.99. The molecule has 1 N–H and O–H groups in total. The molecule has 1 nitrogen and oxygen atoms in total. The molecule has 0 amide bonds. The largest absolute Gasteiger partial charge is 0.393 e. The number of rotatable bonds is 7. The third-order valence-corrected chi connectivity index (χ3v) is 3.11. The molecule has 2 atom stereocenters. The molecule has 0 aliphatic heterocycles. The zero-order valence-electron chi connectivity index (χ0n) is 10.6. The summed E-state index contributed by atoms with van der Waals surface area (Å²) in [7, 11) is 0. The molecule has 0 spiro atoms. The summed E-state index contributed by atoms with van der Waals surface area (Å²) in [6, 6.07) is 0. The standard InChI is InChI=1S/C13H28O/c1-6-12(7-2)13(14)9-11(5)8-10(3)4/h10-14H,6-9H2,1-5H3. The molecule has 0 fully saturated rings. The van der Waals surface area contributed by atoms with Crippen molar-refractivity contribution in [2.45, 2.75) is 66.4 Å². The lowest BCUT2D eigenvalue weighted by Crippen LogP contribution is -2.22. The highest BCUT2D eigenvalue weighted by atomic mass is 16.3. The summed E-state index contributed by atoms with van der Waals surface area (Å²) < 4.78 is 0. The monoisotopic (exact) mass is 200 g/mol. The fourth-order valence-electron chi connectivity index (χ4n) is 2.34. The van der Waals surface area contributed by atoms with Gasteiger partial charge >= 0.3 is 0 Å². The Morgan fingerprint density at radius 3 is 1.79 bits per heavy atom. The summed E-state index contributed by atoms with van der Waals surface area (Å²) in [5.41, 5.74) is 0. The molecule has 0 saturated carbocycles. The summed E-state index contributed by atoms with van der Waals surface area (Å²) >= 11 is 0. The molecule has 0 aliphatic carbocycles. The van der Waals surface area contributed by atoms with Crippen molar-refractivity contribution in [3.8, 4) is 0 Å². The van der Waals surface area contributed by atoms with Gasteiger partial charge in [0.15, 0.2) is 0 Å². The van der Waals surface area contributed by atoms with Crippen LogP contribution in [0.25, 0.3) is 0 Å². The fraction of sp³-hybridized carbons (Fsp3) is 1.00. The highest BCUT2D eigenvalue weighted by Gasteiger charge is 2.18. The van der Waals surface area contributed by atoms with Gasteiger partial charge in [0, 0.05) is 0 Å². The molecule has 86 valence electrons. The molecule has 0 aliphatic rings. The van der Waals surface area contributed by atoms with Gasteiger partial charge in [-0.2, -0.15) is 0 Å². The van der Waals surface area contributed by atoms with Gasteiger partial charge in [-0.3, -0.25) is 0 Å². The Morgan fingerprint density at radius 1 is 0.929 bits per heavy atom. The normalized spacial score (nSPS) is 16.3. The van der Waals surface area contributed by atoms with Gasteiger partial charge in [-0.25, -0.2) is 0 Å². The van der Waals surface area contributed by atoms with E-state index in [2.05, 4.69) is 34.6 Å². The van der Waals surface area contributed by atoms with Gasteiger partial charge < -0.3 is 5.11 Å². The van der Waals surface area contributed by atoms with Crippen molar-refractivity contribution >= 4 is 0 Å². The van der Waals surface area contributed by atoms with Crippen LogP contribution in [0.3, 0.4) is 0 Å². The predicted octanol–water partition coefficient (Wildman–Crippen LogP) is 3.86. The second-order valence-corrected chi connectivity index (χ2v) is 5.11. The maximum Gasteiger partial charge on any atom is 0.0570 e. The van der Waals surface area contributed by atoms with Gasteiger partial charge in [-0.15, -0.1) is 0 Å². The van der Waals surface area contributed by atoms with Crippen LogP contribution in [-0.2, 0) is 0 Å². The number of hydrogen-bond donors (Lipinski definition) is 1.